The van der Waals surface area contributed by atoms with E-state index in [1.807, 2.05) is 13.8 Å². The van der Waals surface area contributed by atoms with E-state index in [4.69, 9.17) is 0 Å². The molecule has 0 saturated carbocycles. The van der Waals surface area contributed by atoms with Crippen molar-refractivity contribution < 1.29 is 4.79 Å². The number of carbonyl (C=O) groups is 1. The minimum atomic E-state index is -0.376. The Labute approximate surface area is 122 Å². The van der Waals surface area contributed by atoms with Crippen LogP contribution in [-0.2, 0) is 0 Å². The lowest BCUT2D eigenvalue weighted by Crippen LogP contribution is -2.19. The number of benzene rings is 2. The van der Waals surface area contributed by atoms with E-state index in [9.17, 15) is 4.79 Å². The van der Waals surface area contributed by atoms with Crippen LogP contribution in [0.3, 0.4) is 0 Å². The minimum absolute atomic E-state index is 0.376. The van der Waals surface area contributed by atoms with Crippen molar-refractivity contribution in [1.29, 1.82) is 0 Å². The fourth-order valence-electron chi connectivity index (χ4n) is 2.61. The Hall–Kier alpha value is -1.46. The fraction of sp³-hybridized carbons (Fsp3) is 0.278. The maximum atomic E-state index is 11.1. The molecule has 20 heavy (non-hydrogen) atoms. The molecule has 104 valence electrons. The highest BCUT2D eigenvalue weighted by Crippen LogP contribution is 2.39. The van der Waals surface area contributed by atoms with E-state index in [-0.39, 0.29) is 7.92 Å². The molecular formula is C18H21OP. The van der Waals surface area contributed by atoms with Gasteiger partial charge in [-0.1, -0.05) is 56.3 Å². The maximum Gasteiger partial charge on any atom is 0.150 e. The van der Waals surface area contributed by atoms with E-state index >= 15 is 0 Å². The van der Waals surface area contributed by atoms with Crippen LogP contribution in [0.1, 0.15) is 35.3 Å². The van der Waals surface area contributed by atoms with Crippen LogP contribution in [0, 0.1) is 13.8 Å². The van der Waals surface area contributed by atoms with Gasteiger partial charge in [0, 0.05) is 5.56 Å². The van der Waals surface area contributed by atoms with Gasteiger partial charge in [-0.3, -0.25) is 4.79 Å². The Morgan fingerprint density at radius 2 is 1.50 bits per heavy atom. The normalized spacial score (nSPS) is 12.4. The highest BCUT2D eigenvalue weighted by molar-refractivity contribution is 7.73. The third-order valence-corrected chi connectivity index (χ3v) is 6.23. The average Bonchev–Trinajstić information content (AvgIpc) is 2.39. The van der Waals surface area contributed by atoms with Gasteiger partial charge in [-0.05, 0) is 49.2 Å². The molecule has 0 aliphatic carbocycles. The SMILES string of the molecule is Cc1cc(P(c2ccccc2)C(C)C)cc(C)c1C=O. The molecule has 1 atom stereocenters. The molecule has 2 rings (SSSR count). The third-order valence-electron chi connectivity index (χ3n) is 3.53. The number of rotatable bonds is 4. The maximum absolute atomic E-state index is 11.1. The van der Waals surface area contributed by atoms with E-state index in [0.29, 0.717) is 5.66 Å². The van der Waals surface area contributed by atoms with E-state index < -0.39 is 0 Å². The standard InChI is InChI=1S/C18H21OP/c1-13(2)20(16-8-6-5-7-9-16)17-10-14(3)18(12-19)15(4)11-17/h5-13H,1-4H3. The molecule has 2 heteroatoms. The molecule has 1 nitrogen and oxygen atoms in total. The predicted octanol–water partition coefficient (Wildman–Crippen LogP) is 3.96. The predicted molar refractivity (Wildman–Crippen MR) is 89.1 cm³/mol. The first-order valence-corrected chi connectivity index (χ1v) is 8.36. The summed E-state index contributed by atoms with van der Waals surface area (Å²) in [6, 6.07) is 15.1. The Kier molecular flexibility index (Phi) is 4.73. The number of hydrogen-bond donors (Lipinski definition) is 0. The van der Waals surface area contributed by atoms with Gasteiger partial charge in [0.2, 0.25) is 0 Å². The number of hydrogen-bond acceptors (Lipinski definition) is 1. The first-order valence-electron chi connectivity index (χ1n) is 6.95. The number of aldehydes is 1. The molecule has 0 spiro atoms. The van der Waals surface area contributed by atoms with Crippen molar-refractivity contribution in [2.45, 2.75) is 33.4 Å². The quantitative estimate of drug-likeness (QED) is 0.613. The Morgan fingerprint density at radius 1 is 0.950 bits per heavy atom. The molecule has 0 aromatic heterocycles. The van der Waals surface area contributed by atoms with Crippen LogP contribution in [0.25, 0.3) is 0 Å². The molecule has 0 amide bonds. The second-order valence-electron chi connectivity index (χ2n) is 5.41. The zero-order valence-electron chi connectivity index (χ0n) is 12.6. The van der Waals surface area contributed by atoms with E-state index in [0.717, 1.165) is 23.0 Å². The van der Waals surface area contributed by atoms with E-state index in [1.54, 1.807) is 0 Å². The molecule has 2 aromatic carbocycles. The molecular weight excluding hydrogens is 263 g/mol. The van der Waals surface area contributed by atoms with E-state index in [1.165, 1.54) is 10.6 Å². The summed E-state index contributed by atoms with van der Waals surface area (Å²) < 4.78 is 0. The van der Waals surface area contributed by atoms with Crippen LogP contribution in [0.15, 0.2) is 42.5 Å². The number of carbonyl (C=O) groups excluding carboxylic acids is 1. The molecule has 2 aromatic rings. The average molecular weight is 284 g/mol. The van der Waals surface area contributed by atoms with Crippen molar-refractivity contribution in [3.63, 3.8) is 0 Å². The molecule has 1 unspecified atom stereocenters. The van der Waals surface area contributed by atoms with Gasteiger partial charge in [0.1, 0.15) is 0 Å². The zero-order chi connectivity index (χ0) is 14.7. The van der Waals surface area contributed by atoms with Crippen molar-refractivity contribution in [3.05, 3.63) is 59.2 Å². The zero-order valence-corrected chi connectivity index (χ0v) is 13.4. The lowest BCUT2D eigenvalue weighted by molar-refractivity contribution is 0.112. The van der Waals surface area contributed by atoms with Gasteiger partial charge in [0.25, 0.3) is 0 Å². The van der Waals surface area contributed by atoms with Crippen molar-refractivity contribution in [2.75, 3.05) is 0 Å². The van der Waals surface area contributed by atoms with Crippen LogP contribution in [0.2, 0.25) is 0 Å². The Balaban J connectivity index is 2.54. The second-order valence-corrected chi connectivity index (χ2v) is 8.22. The molecule has 0 aliphatic rings. The largest absolute Gasteiger partial charge is 0.298 e. The fourth-order valence-corrected chi connectivity index (χ4v) is 5.26. The van der Waals surface area contributed by atoms with Crippen molar-refractivity contribution in [1.82, 2.24) is 0 Å². The molecule has 0 bridgehead atoms. The van der Waals surface area contributed by atoms with Crippen molar-refractivity contribution >= 4 is 24.8 Å². The molecule has 0 N–H and O–H groups in total. The third kappa shape index (κ3) is 2.99. The van der Waals surface area contributed by atoms with Gasteiger partial charge in [-0.15, -0.1) is 0 Å². The van der Waals surface area contributed by atoms with Gasteiger partial charge >= 0.3 is 0 Å². The molecule has 0 saturated heterocycles. The summed E-state index contributed by atoms with van der Waals surface area (Å²) in [5.41, 5.74) is 3.58. The topological polar surface area (TPSA) is 17.1 Å². The lowest BCUT2D eigenvalue weighted by atomic mass is 10.0. The highest BCUT2D eigenvalue weighted by Gasteiger charge is 2.19. The molecule has 0 aliphatic heterocycles. The Morgan fingerprint density at radius 3 is 1.95 bits per heavy atom. The van der Waals surface area contributed by atoms with E-state index in [2.05, 4.69) is 56.3 Å². The van der Waals surface area contributed by atoms with Crippen molar-refractivity contribution in [3.8, 4) is 0 Å². The van der Waals surface area contributed by atoms with Crippen molar-refractivity contribution in [2.24, 2.45) is 0 Å². The summed E-state index contributed by atoms with van der Waals surface area (Å²) in [6.07, 6.45) is 0.967. The van der Waals surface area contributed by atoms with Gasteiger partial charge in [-0.25, -0.2) is 0 Å². The first-order chi connectivity index (χ1) is 9.54. The monoisotopic (exact) mass is 284 g/mol. The molecule has 0 heterocycles. The summed E-state index contributed by atoms with van der Waals surface area (Å²) in [5.74, 6) is 0. The summed E-state index contributed by atoms with van der Waals surface area (Å²) in [7, 11) is -0.376. The Bertz CT molecular complexity index is 579. The van der Waals surface area contributed by atoms with Gasteiger partial charge in [0.05, 0.1) is 0 Å². The highest BCUT2D eigenvalue weighted by atomic mass is 31.1. The smallest absolute Gasteiger partial charge is 0.150 e. The first kappa shape index (κ1) is 14.9. The lowest BCUT2D eigenvalue weighted by Gasteiger charge is -2.24. The van der Waals surface area contributed by atoms with Gasteiger partial charge in [-0.2, -0.15) is 0 Å². The summed E-state index contributed by atoms with van der Waals surface area (Å²) in [5, 5.41) is 2.76. The summed E-state index contributed by atoms with van der Waals surface area (Å²) in [4.78, 5) is 11.1. The van der Waals surface area contributed by atoms with Crippen LogP contribution < -0.4 is 10.6 Å². The minimum Gasteiger partial charge on any atom is -0.298 e. The van der Waals surface area contributed by atoms with Gasteiger partial charge < -0.3 is 0 Å². The van der Waals surface area contributed by atoms with Crippen LogP contribution >= 0.6 is 7.92 Å². The van der Waals surface area contributed by atoms with Crippen LogP contribution in [-0.4, -0.2) is 11.9 Å². The van der Waals surface area contributed by atoms with Crippen LogP contribution in [0.4, 0.5) is 0 Å². The van der Waals surface area contributed by atoms with Crippen LogP contribution in [0.5, 0.6) is 0 Å². The summed E-state index contributed by atoms with van der Waals surface area (Å²) >= 11 is 0. The summed E-state index contributed by atoms with van der Waals surface area (Å²) in [6.45, 7) is 8.60. The molecule has 0 radical (unpaired) electrons. The number of aryl methyl sites for hydroxylation is 2. The molecule has 0 fully saturated rings. The second kappa shape index (κ2) is 6.33. The van der Waals surface area contributed by atoms with Gasteiger partial charge in [0.15, 0.2) is 6.29 Å².